The minimum atomic E-state index is -0.0173. The molecule has 7 nitrogen and oxygen atoms in total. The van der Waals surface area contributed by atoms with Gasteiger partial charge < -0.3 is 19.3 Å². The molecule has 0 N–H and O–H groups in total. The Bertz CT molecular complexity index is 735. The first-order valence-electron chi connectivity index (χ1n) is 7.93. The van der Waals surface area contributed by atoms with Crippen molar-refractivity contribution < 1.29 is 14.3 Å². The van der Waals surface area contributed by atoms with Crippen LogP contribution < -0.4 is 14.4 Å². The molecule has 132 valence electrons. The van der Waals surface area contributed by atoms with Crippen LogP contribution in [0, 0.1) is 0 Å². The maximum atomic E-state index is 12.3. The van der Waals surface area contributed by atoms with Gasteiger partial charge in [-0.2, -0.15) is 4.98 Å². The van der Waals surface area contributed by atoms with Crippen molar-refractivity contribution in [3.63, 3.8) is 0 Å². The van der Waals surface area contributed by atoms with Gasteiger partial charge in [0.15, 0.2) is 12.4 Å². The number of carbonyl (C=O) groups is 1. The van der Waals surface area contributed by atoms with Crippen molar-refractivity contribution in [1.82, 2.24) is 14.9 Å². The molecule has 0 atom stereocenters. The highest BCUT2D eigenvalue weighted by Gasteiger charge is 2.22. The number of hydrogen-bond donors (Lipinski definition) is 0. The van der Waals surface area contributed by atoms with Crippen LogP contribution in [0.25, 0.3) is 0 Å². The Morgan fingerprint density at radius 3 is 2.76 bits per heavy atom. The monoisotopic (exact) mass is 406 g/mol. The number of hydrogen-bond acceptors (Lipinski definition) is 6. The fraction of sp³-hybridized carbons (Fsp3) is 0.353. The molecule has 2 aromatic rings. The van der Waals surface area contributed by atoms with Crippen LogP contribution in [0.5, 0.6) is 11.6 Å². The van der Waals surface area contributed by atoms with Crippen molar-refractivity contribution in [1.29, 1.82) is 0 Å². The molecular formula is C17H19BrN4O3. The van der Waals surface area contributed by atoms with Crippen molar-refractivity contribution in [3.05, 3.63) is 41.1 Å². The van der Waals surface area contributed by atoms with Gasteiger partial charge in [-0.25, -0.2) is 0 Å². The topological polar surface area (TPSA) is 67.8 Å². The summed E-state index contributed by atoms with van der Waals surface area (Å²) in [4.78, 5) is 24.7. The van der Waals surface area contributed by atoms with E-state index in [4.69, 9.17) is 9.47 Å². The molecule has 0 aliphatic carbocycles. The molecule has 8 heteroatoms. The average molecular weight is 407 g/mol. The van der Waals surface area contributed by atoms with Gasteiger partial charge in [-0.1, -0.05) is 22.0 Å². The van der Waals surface area contributed by atoms with Crippen molar-refractivity contribution in [2.24, 2.45) is 0 Å². The zero-order valence-electron chi connectivity index (χ0n) is 13.9. The zero-order chi connectivity index (χ0) is 17.6. The van der Waals surface area contributed by atoms with Crippen molar-refractivity contribution in [2.75, 3.05) is 44.8 Å². The lowest BCUT2D eigenvalue weighted by atomic mass is 10.3. The van der Waals surface area contributed by atoms with Crippen LogP contribution in [0.15, 0.2) is 41.1 Å². The van der Waals surface area contributed by atoms with Crippen molar-refractivity contribution in [2.45, 2.75) is 0 Å². The molecule has 1 amide bonds. The second-order valence-electron chi connectivity index (χ2n) is 5.53. The highest BCUT2D eigenvalue weighted by atomic mass is 79.9. The van der Waals surface area contributed by atoms with E-state index in [9.17, 15) is 4.79 Å². The SMILES string of the molecule is COc1cncc(N2CCN(C(=O)COc3cccc(Br)c3)CC2)n1. The highest BCUT2D eigenvalue weighted by Crippen LogP contribution is 2.18. The lowest BCUT2D eigenvalue weighted by Crippen LogP contribution is -2.50. The van der Waals surface area contributed by atoms with Crippen LogP contribution in [0.1, 0.15) is 0 Å². The van der Waals surface area contributed by atoms with Gasteiger partial charge in [0.05, 0.1) is 19.5 Å². The average Bonchev–Trinajstić information content (AvgIpc) is 2.66. The van der Waals surface area contributed by atoms with E-state index in [1.54, 1.807) is 19.5 Å². The Morgan fingerprint density at radius 2 is 2.04 bits per heavy atom. The number of rotatable bonds is 5. The maximum Gasteiger partial charge on any atom is 0.260 e. The van der Waals surface area contributed by atoms with E-state index in [0.29, 0.717) is 37.8 Å². The third kappa shape index (κ3) is 4.60. The van der Waals surface area contributed by atoms with Gasteiger partial charge >= 0.3 is 0 Å². The van der Waals surface area contributed by atoms with E-state index in [0.717, 1.165) is 10.3 Å². The summed E-state index contributed by atoms with van der Waals surface area (Å²) in [7, 11) is 1.57. The first-order valence-corrected chi connectivity index (χ1v) is 8.72. The van der Waals surface area contributed by atoms with Crippen LogP contribution in [-0.4, -0.2) is 60.7 Å². The molecule has 0 saturated carbocycles. The van der Waals surface area contributed by atoms with Crippen LogP contribution >= 0.6 is 15.9 Å². The van der Waals surface area contributed by atoms with E-state index < -0.39 is 0 Å². The molecule has 0 spiro atoms. The molecule has 3 rings (SSSR count). The van der Waals surface area contributed by atoms with Gasteiger partial charge in [-0.05, 0) is 18.2 Å². The number of ether oxygens (including phenoxy) is 2. The Morgan fingerprint density at radius 1 is 1.24 bits per heavy atom. The lowest BCUT2D eigenvalue weighted by Gasteiger charge is -2.35. The van der Waals surface area contributed by atoms with Gasteiger partial charge in [-0.3, -0.25) is 9.78 Å². The molecule has 1 aliphatic rings. The molecule has 1 aliphatic heterocycles. The second-order valence-corrected chi connectivity index (χ2v) is 6.45. The van der Waals surface area contributed by atoms with Gasteiger partial charge in [0.1, 0.15) is 5.75 Å². The summed E-state index contributed by atoms with van der Waals surface area (Å²) in [5.74, 6) is 1.90. The number of piperazine rings is 1. The summed E-state index contributed by atoms with van der Waals surface area (Å²) in [5.41, 5.74) is 0. The van der Waals surface area contributed by atoms with Crippen LogP contribution in [0.2, 0.25) is 0 Å². The molecule has 1 aromatic heterocycles. The normalized spacial score (nSPS) is 14.3. The van der Waals surface area contributed by atoms with Crippen LogP contribution in [-0.2, 0) is 4.79 Å². The highest BCUT2D eigenvalue weighted by molar-refractivity contribution is 9.10. The first-order chi connectivity index (χ1) is 12.2. The van der Waals surface area contributed by atoms with Crippen molar-refractivity contribution in [3.8, 4) is 11.6 Å². The van der Waals surface area contributed by atoms with Crippen LogP contribution in [0.3, 0.4) is 0 Å². The van der Waals surface area contributed by atoms with E-state index >= 15 is 0 Å². The van der Waals surface area contributed by atoms with E-state index in [1.165, 1.54) is 0 Å². The zero-order valence-corrected chi connectivity index (χ0v) is 15.5. The molecule has 1 fully saturated rings. The molecule has 1 saturated heterocycles. The third-order valence-corrected chi connectivity index (χ3v) is 4.42. The predicted molar refractivity (Wildman–Crippen MR) is 97.0 cm³/mol. The standard InChI is InChI=1S/C17H19BrN4O3/c1-24-16-11-19-10-15(20-16)21-5-7-22(8-6-21)17(23)12-25-14-4-2-3-13(18)9-14/h2-4,9-11H,5-8,12H2,1H3. The number of anilines is 1. The molecule has 0 radical (unpaired) electrons. The quantitative estimate of drug-likeness (QED) is 0.755. The summed E-state index contributed by atoms with van der Waals surface area (Å²) < 4.78 is 11.6. The van der Waals surface area contributed by atoms with Gasteiger partial charge in [-0.15, -0.1) is 0 Å². The predicted octanol–water partition coefficient (Wildman–Crippen LogP) is 1.98. The number of methoxy groups -OCH3 is 1. The smallest absolute Gasteiger partial charge is 0.260 e. The Labute approximate surface area is 154 Å². The number of amides is 1. The Hall–Kier alpha value is -2.35. The van der Waals surface area contributed by atoms with E-state index in [2.05, 4.69) is 30.8 Å². The number of halogens is 1. The molecule has 25 heavy (non-hydrogen) atoms. The maximum absolute atomic E-state index is 12.3. The molecular weight excluding hydrogens is 388 g/mol. The van der Waals surface area contributed by atoms with Crippen LogP contribution in [0.4, 0.5) is 5.82 Å². The number of benzene rings is 1. The molecule has 1 aromatic carbocycles. The summed E-state index contributed by atoms with van der Waals surface area (Å²) >= 11 is 3.38. The Kier molecular flexibility index (Phi) is 5.70. The summed E-state index contributed by atoms with van der Waals surface area (Å²) in [5, 5.41) is 0. The number of aromatic nitrogens is 2. The second kappa shape index (κ2) is 8.15. The van der Waals surface area contributed by atoms with Gasteiger partial charge in [0.2, 0.25) is 5.88 Å². The van der Waals surface area contributed by atoms with E-state index in [1.807, 2.05) is 29.2 Å². The summed E-state index contributed by atoms with van der Waals surface area (Å²) in [6, 6.07) is 7.46. The Balaban J connectivity index is 1.50. The molecule has 2 heterocycles. The number of carbonyl (C=O) groups excluding carboxylic acids is 1. The van der Waals surface area contributed by atoms with Gasteiger partial charge in [0, 0.05) is 30.7 Å². The minimum Gasteiger partial charge on any atom is -0.484 e. The van der Waals surface area contributed by atoms with E-state index in [-0.39, 0.29) is 12.5 Å². The fourth-order valence-corrected chi connectivity index (χ4v) is 2.95. The first kappa shape index (κ1) is 17.5. The third-order valence-electron chi connectivity index (χ3n) is 3.92. The van der Waals surface area contributed by atoms with Crippen molar-refractivity contribution >= 4 is 27.7 Å². The summed E-state index contributed by atoms with van der Waals surface area (Å²) in [6.07, 6.45) is 3.28. The fourth-order valence-electron chi connectivity index (χ4n) is 2.57. The lowest BCUT2D eigenvalue weighted by molar-refractivity contribution is -0.133. The number of nitrogens with zero attached hydrogens (tertiary/aromatic N) is 4. The van der Waals surface area contributed by atoms with Gasteiger partial charge in [0.25, 0.3) is 5.91 Å². The largest absolute Gasteiger partial charge is 0.484 e. The molecule has 0 bridgehead atoms. The molecule has 0 unspecified atom stereocenters. The summed E-state index contributed by atoms with van der Waals surface area (Å²) in [6.45, 7) is 2.68. The minimum absolute atomic E-state index is 0.0173.